The molecule has 8 nitrogen and oxygen atoms in total. The average molecular weight is 328 g/mol. The van der Waals surface area contributed by atoms with Crippen molar-refractivity contribution in [3.8, 4) is 0 Å². The Morgan fingerprint density at radius 3 is 2.83 bits per heavy atom. The average Bonchev–Trinajstić information content (AvgIpc) is 2.56. The summed E-state index contributed by atoms with van der Waals surface area (Å²) in [5.41, 5.74) is 7.57. The van der Waals surface area contributed by atoms with Gasteiger partial charge in [0, 0.05) is 30.1 Å². The molecule has 0 saturated heterocycles. The number of aromatic nitrogens is 1. The van der Waals surface area contributed by atoms with E-state index >= 15 is 0 Å². The first kappa shape index (κ1) is 15.7. The molecule has 1 amide bonds. The monoisotopic (exact) mass is 328 g/mol. The number of nitrogen functional groups attached to an aromatic ring is 1. The third-order valence-electron chi connectivity index (χ3n) is 4.07. The summed E-state index contributed by atoms with van der Waals surface area (Å²) in [4.78, 5) is 36.3. The smallest absolute Gasteiger partial charge is 0.285 e. The molecule has 0 fully saturated rings. The summed E-state index contributed by atoms with van der Waals surface area (Å²) in [6, 6.07) is 7.60. The molecule has 1 aliphatic rings. The highest BCUT2D eigenvalue weighted by Crippen LogP contribution is 2.31. The summed E-state index contributed by atoms with van der Waals surface area (Å²) < 4.78 is 1.06. The lowest BCUT2D eigenvalue weighted by molar-refractivity contribution is -0.385. The molecule has 2 N–H and O–H groups in total. The first-order chi connectivity index (χ1) is 11.5. The van der Waals surface area contributed by atoms with Crippen LogP contribution in [0, 0.1) is 10.1 Å². The van der Waals surface area contributed by atoms with E-state index in [0.29, 0.717) is 12.2 Å². The maximum absolute atomic E-state index is 12.6. The van der Waals surface area contributed by atoms with E-state index in [0.717, 1.165) is 47.0 Å². The van der Waals surface area contributed by atoms with E-state index in [9.17, 15) is 19.7 Å². The van der Waals surface area contributed by atoms with E-state index in [1.807, 2.05) is 6.07 Å². The van der Waals surface area contributed by atoms with E-state index in [1.165, 1.54) is 0 Å². The van der Waals surface area contributed by atoms with Gasteiger partial charge in [-0.05, 0) is 30.5 Å². The van der Waals surface area contributed by atoms with Crippen molar-refractivity contribution in [2.75, 3.05) is 17.2 Å². The molecular formula is C16H16N4O4. The number of hydrogen-bond acceptors (Lipinski definition) is 5. The zero-order valence-electron chi connectivity index (χ0n) is 12.8. The van der Waals surface area contributed by atoms with Crippen LogP contribution in [0.4, 0.5) is 17.1 Å². The minimum Gasteiger partial charge on any atom is -0.398 e. The molecule has 1 aromatic heterocycles. The van der Waals surface area contributed by atoms with Crippen LogP contribution in [0.1, 0.15) is 12.0 Å². The number of nitrogens with two attached hydrogens (primary N) is 1. The number of anilines is 2. The Hall–Kier alpha value is -3.16. The lowest BCUT2D eigenvalue weighted by Crippen LogP contribution is -2.39. The lowest BCUT2D eigenvalue weighted by Gasteiger charge is -2.30. The van der Waals surface area contributed by atoms with Crippen LogP contribution in [0.5, 0.6) is 0 Å². The highest BCUT2D eigenvalue weighted by molar-refractivity contribution is 5.95. The fourth-order valence-electron chi connectivity index (χ4n) is 2.89. The van der Waals surface area contributed by atoms with Gasteiger partial charge in [0.25, 0.3) is 11.2 Å². The third-order valence-corrected chi connectivity index (χ3v) is 4.07. The van der Waals surface area contributed by atoms with Crippen LogP contribution in [0.25, 0.3) is 0 Å². The second-order valence-electron chi connectivity index (χ2n) is 5.60. The van der Waals surface area contributed by atoms with Gasteiger partial charge in [0.05, 0.1) is 11.1 Å². The third kappa shape index (κ3) is 2.85. The normalized spacial score (nSPS) is 13.4. The molecule has 24 heavy (non-hydrogen) atoms. The molecule has 3 rings (SSSR count). The Kier molecular flexibility index (Phi) is 4.03. The van der Waals surface area contributed by atoms with Crippen molar-refractivity contribution in [1.29, 1.82) is 0 Å². The van der Waals surface area contributed by atoms with Gasteiger partial charge in [-0.3, -0.25) is 24.3 Å². The fraction of sp³-hybridized carbons (Fsp3) is 0.250. The Balaban J connectivity index is 1.90. The summed E-state index contributed by atoms with van der Waals surface area (Å²) in [6.07, 6.45) is 2.66. The lowest BCUT2D eigenvalue weighted by atomic mass is 10.00. The highest BCUT2D eigenvalue weighted by atomic mass is 16.6. The number of hydrogen-bond donors (Lipinski definition) is 1. The van der Waals surface area contributed by atoms with Crippen molar-refractivity contribution in [2.24, 2.45) is 0 Å². The standard InChI is InChI=1S/C16H16N4O4/c17-13-4-1-5-14-12(13)3-2-8-19(14)16(22)10-18-9-11(20(23)24)6-7-15(18)21/h1,4-7,9H,2-3,8,10,17H2. The van der Waals surface area contributed by atoms with Crippen molar-refractivity contribution >= 4 is 23.0 Å². The van der Waals surface area contributed by atoms with Gasteiger partial charge < -0.3 is 10.6 Å². The zero-order valence-corrected chi connectivity index (χ0v) is 12.8. The molecule has 2 heterocycles. The molecular weight excluding hydrogens is 312 g/mol. The first-order valence-corrected chi connectivity index (χ1v) is 7.50. The van der Waals surface area contributed by atoms with Crippen LogP contribution in [0.15, 0.2) is 41.3 Å². The molecule has 0 saturated carbocycles. The largest absolute Gasteiger partial charge is 0.398 e. The Bertz CT molecular complexity index is 875. The zero-order chi connectivity index (χ0) is 17.3. The molecule has 1 aromatic carbocycles. The maximum atomic E-state index is 12.6. The van der Waals surface area contributed by atoms with Crippen LogP contribution in [0.3, 0.4) is 0 Å². The summed E-state index contributed by atoms with van der Waals surface area (Å²) >= 11 is 0. The van der Waals surface area contributed by atoms with E-state index in [2.05, 4.69) is 0 Å². The Morgan fingerprint density at radius 2 is 2.08 bits per heavy atom. The summed E-state index contributed by atoms with van der Waals surface area (Å²) in [6.45, 7) is 0.272. The number of benzene rings is 1. The van der Waals surface area contributed by atoms with Crippen molar-refractivity contribution in [3.63, 3.8) is 0 Å². The van der Waals surface area contributed by atoms with Gasteiger partial charge in [0.15, 0.2) is 0 Å². The maximum Gasteiger partial charge on any atom is 0.285 e. The summed E-state index contributed by atoms with van der Waals surface area (Å²) in [7, 11) is 0. The highest BCUT2D eigenvalue weighted by Gasteiger charge is 2.24. The summed E-state index contributed by atoms with van der Waals surface area (Å²) in [5, 5.41) is 10.8. The van der Waals surface area contributed by atoms with E-state index in [4.69, 9.17) is 5.73 Å². The number of pyridine rings is 1. The number of carbonyl (C=O) groups excluding carboxylic acids is 1. The van der Waals surface area contributed by atoms with E-state index in [-0.39, 0.29) is 18.1 Å². The molecule has 0 atom stereocenters. The topological polar surface area (TPSA) is 111 Å². The molecule has 0 aliphatic carbocycles. The minimum absolute atomic E-state index is 0.231. The second-order valence-corrected chi connectivity index (χ2v) is 5.60. The molecule has 0 spiro atoms. The van der Waals surface area contributed by atoms with Gasteiger partial charge in [0.2, 0.25) is 5.91 Å². The van der Waals surface area contributed by atoms with Gasteiger partial charge in [-0.15, -0.1) is 0 Å². The van der Waals surface area contributed by atoms with E-state index < -0.39 is 10.5 Å². The van der Waals surface area contributed by atoms with Crippen LogP contribution in [-0.4, -0.2) is 21.9 Å². The summed E-state index contributed by atoms with van der Waals surface area (Å²) in [5.74, 6) is -0.302. The van der Waals surface area contributed by atoms with Crippen molar-refractivity contribution in [1.82, 2.24) is 4.57 Å². The number of carbonyl (C=O) groups is 1. The molecule has 0 bridgehead atoms. The number of nitrogens with zero attached hydrogens (tertiary/aromatic N) is 3. The quantitative estimate of drug-likeness (QED) is 0.519. The van der Waals surface area contributed by atoms with E-state index in [1.54, 1.807) is 17.0 Å². The predicted octanol–water partition coefficient (Wildman–Crippen LogP) is 1.32. The molecule has 0 radical (unpaired) electrons. The Labute approximate surface area is 137 Å². The van der Waals surface area contributed by atoms with Crippen LogP contribution >= 0.6 is 0 Å². The predicted molar refractivity (Wildman–Crippen MR) is 88.9 cm³/mol. The van der Waals surface area contributed by atoms with Crippen LogP contribution in [-0.2, 0) is 17.8 Å². The van der Waals surface area contributed by atoms with Gasteiger partial charge in [-0.25, -0.2) is 0 Å². The molecule has 1 aliphatic heterocycles. The minimum atomic E-state index is -0.600. The number of nitro groups is 1. The van der Waals surface area contributed by atoms with Crippen LogP contribution in [0.2, 0.25) is 0 Å². The van der Waals surface area contributed by atoms with Crippen LogP contribution < -0.4 is 16.2 Å². The number of amides is 1. The van der Waals surface area contributed by atoms with Gasteiger partial charge in [0.1, 0.15) is 6.54 Å². The van der Waals surface area contributed by atoms with Gasteiger partial charge >= 0.3 is 0 Å². The number of rotatable bonds is 3. The van der Waals surface area contributed by atoms with Crippen molar-refractivity contribution in [3.05, 3.63) is 62.6 Å². The first-order valence-electron chi connectivity index (χ1n) is 7.50. The molecule has 124 valence electrons. The molecule has 0 unspecified atom stereocenters. The van der Waals surface area contributed by atoms with Gasteiger partial charge in [-0.2, -0.15) is 0 Å². The SMILES string of the molecule is Nc1cccc2c1CCCN2C(=O)Cn1cc([N+](=O)[O-])ccc1=O. The van der Waals surface area contributed by atoms with Crippen molar-refractivity contribution in [2.45, 2.75) is 19.4 Å². The number of fused-ring (bicyclic) bond motifs is 1. The second kappa shape index (κ2) is 6.15. The Morgan fingerprint density at radius 1 is 1.29 bits per heavy atom. The molecule has 2 aromatic rings. The fourth-order valence-corrected chi connectivity index (χ4v) is 2.89. The van der Waals surface area contributed by atoms with Gasteiger partial charge in [-0.1, -0.05) is 6.07 Å². The molecule has 8 heteroatoms. The van der Waals surface area contributed by atoms with Crippen molar-refractivity contribution < 1.29 is 9.72 Å².